The maximum Gasteiger partial charge on any atom is 0.188 e. The number of thioether (sulfide) groups is 1. The fourth-order valence-electron chi connectivity index (χ4n) is 2.76. The third-order valence-electron chi connectivity index (χ3n) is 3.97. The van der Waals surface area contributed by atoms with Gasteiger partial charge in [0.2, 0.25) is 0 Å². The Bertz CT molecular complexity index is 455. The molecule has 0 N–H and O–H groups in total. The standard InChI is InChI=1S/C17H22OS/c1-3-16(13(2)14-9-11-19-12-10-14)17(18)15-7-5-4-6-8-15/h4-8,14H,3,9-12H2,1-2H3/b16-13+. The van der Waals surface area contributed by atoms with Crippen LogP contribution in [0.4, 0.5) is 0 Å². The van der Waals surface area contributed by atoms with E-state index in [2.05, 4.69) is 13.8 Å². The van der Waals surface area contributed by atoms with E-state index in [1.807, 2.05) is 42.1 Å². The van der Waals surface area contributed by atoms with E-state index in [0.717, 1.165) is 17.6 Å². The molecular weight excluding hydrogens is 252 g/mol. The predicted octanol–water partition coefficient (Wildman–Crippen LogP) is 4.74. The first-order valence-electron chi connectivity index (χ1n) is 7.11. The second-order valence-corrected chi connectivity index (χ2v) is 6.32. The lowest BCUT2D eigenvalue weighted by atomic mass is 9.86. The Hall–Kier alpha value is -1.02. The van der Waals surface area contributed by atoms with Crippen LogP contribution in [0.25, 0.3) is 0 Å². The fourth-order valence-corrected chi connectivity index (χ4v) is 3.87. The van der Waals surface area contributed by atoms with E-state index < -0.39 is 0 Å². The molecule has 0 unspecified atom stereocenters. The molecule has 0 radical (unpaired) electrons. The number of hydrogen-bond donors (Lipinski definition) is 0. The van der Waals surface area contributed by atoms with Gasteiger partial charge in [-0.3, -0.25) is 4.79 Å². The Balaban J connectivity index is 2.25. The molecule has 102 valence electrons. The van der Waals surface area contributed by atoms with Crippen molar-refractivity contribution < 1.29 is 4.79 Å². The lowest BCUT2D eigenvalue weighted by Crippen LogP contribution is -2.15. The highest BCUT2D eigenvalue weighted by Crippen LogP contribution is 2.31. The molecule has 1 aliphatic heterocycles. The average Bonchev–Trinajstić information content (AvgIpc) is 2.49. The first kappa shape index (κ1) is 14.4. The van der Waals surface area contributed by atoms with Crippen molar-refractivity contribution in [2.45, 2.75) is 33.1 Å². The molecule has 0 spiro atoms. The van der Waals surface area contributed by atoms with Gasteiger partial charge in [0.25, 0.3) is 0 Å². The molecule has 1 saturated heterocycles. The SMILES string of the molecule is CC/C(C(=O)c1ccccc1)=C(/C)C1CCSCC1. The van der Waals surface area contributed by atoms with Crippen molar-refractivity contribution in [2.75, 3.05) is 11.5 Å². The van der Waals surface area contributed by atoms with Crippen LogP contribution in [0.5, 0.6) is 0 Å². The molecule has 1 fully saturated rings. The van der Waals surface area contributed by atoms with E-state index in [1.165, 1.54) is 29.9 Å². The number of ketones is 1. The van der Waals surface area contributed by atoms with E-state index in [0.29, 0.717) is 5.92 Å². The minimum Gasteiger partial charge on any atom is -0.289 e. The maximum atomic E-state index is 12.6. The Morgan fingerprint density at radius 3 is 2.42 bits per heavy atom. The van der Waals surface area contributed by atoms with E-state index in [-0.39, 0.29) is 5.78 Å². The number of Topliss-reactive ketones (excluding diaryl/α,β-unsaturated/α-hetero) is 1. The van der Waals surface area contributed by atoms with E-state index in [1.54, 1.807) is 0 Å². The molecule has 1 aromatic carbocycles. The summed E-state index contributed by atoms with van der Waals surface area (Å²) in [4.78, 5) is 12.6. The molecule has 0 aromatic heterocycles. The quantitative estimate of drug-likeness (QED) is 0.583. The number of carbonyl (C=O) groups excluding carboxylic acids is 1. The van der Waals surface area contributed by atoms with E-state index >= 15 is 0 Å². The molecule has 2 rings (SSSR count). The van der Waals surface area contributed by atoms with Gasteiger partial charge in [-0.2, -0.15) is 11.8 Å². The summed E-state index contributed by atoms with van der Waals surface area (Å²) < 4.78 is 0. The molecule has 0 aliphatic carbocycles. The average molecular weight is 274 g/mol. The van der Waals surface area contributed by atoms with Crippen LogP contribution in [0.1, 0.15) is 43.5 Å². The summed E-state index contributed by atoms with van der Waals surface area (Å²) in [5, 5.41) is 0. The zero-order valence-electron chi connectivity index (χ0n) is 11.8. The third-order valence-corrected chi connectivity index (χ3v) is 5.02. The molecule has 2 heteroatoms. The number of carbonyl (C=O) groups is 1. The van der Waals surface area contributed by atoms with E-state index in [4.69, 9.17) is 0 Å². The Morgan fingerprint density at radius 2 is 1.84 bits per heavy atom. The van der Waals surface area contributed by atoms with Gasteiger partial charge in [-0.1, -0.05) is 42.8 Å². The van der Waals surface area contributed by atoms with Crippen molar-refractivity contribution in [3.63, 3.8) is 0 Å². The van der Waals surface area contributed by atoms with Crippen LogP contribution < -0.4 is 0 Å². The first-order chi connectivity index (χ1) is 9.24. The van der Waals surface area contributed by atoms with E-state index in [9.17, 15) is 4.79 Å². The van der Waals surface area contributed by atoms with Crippen molar-refractivity contribution in [2.24, 2.45) is 5.92 Å². The molecule has 1 heterocycles. The van der Waals surface area contributed by atoms with Gasteiger partial charge in [0, 0.05) is 5.56 Å². The van der Waals surface area contributed by atoms with Gasteiger partial charge in [-0.25, -0.2) is 0 Å². The summed E-state index contributed by atoms with van der Waals surface area (Å²) in [6.07, 6.45) is 3.29. The molecule has 0 atom stereocenters. The summed E-state index contributed by atoms with van der Waals surface area (Å²) in [6.45, 7) is 4.26. The topological polar surface area (TPSA) is 17.1 Å². The van der Waals surface area contributed by atoms with Gasteiger partial charge in [-0.15, -0.1) is 0 Å². The molecular formula is C17H22OS. The zero-order valence-corrected chi connectivity index (χ0v) is 12.6. The van der Waals surface area contributed by atoms with Crippen molar-refractivity contribution in [1.82, 2.24) is 0 Å². The smallest absolute Gasteiger partial charge is 0.188 e. The summed E-state index contributed by atoms with van der Waals surface area (Å²) in [6, 6.07) is 9.67. The summed E-state index contributed by atoms with van der Waals surface area (Å²) in [5.74, 6) is 3.31. The highest BCUT2D eigenvalue weighted by molar-refractivity contribution is 7.99. The number of rotatable bonds is 4. The van der Waals surface area contributed by atoms with Gasteiger partial charge in [0.15, 0.2) is 5.78 Å². The molecule has 1 aromatic rings. The molecule has 19 heavy (non-hydrogen) atoms. The maximum absolute atomic E-state index is 12.6. The van der Waals surface area contributed by atoms with Crippen LogP contribution in [-0.2, 0) is 0 Å². The largest absolute Gasteiger partial charge is 0.289 e. The highest BCUT2D eigenvalue weighted by Gasteiger charge is 2.21. The van der Waals surface area contributed by atoms with Gasteiger partial charge in [0.1, 0.15) is 0 Å². The predicted molar refractivity (Wildman–Crippen MR) is 83.8 cm³/mol. The van der Waals surface area contributed by atoms with Crippen LogP contribution in [0, 0.1) is 5.92 Å². The van der Waals surface area contributed by atoms with Gasteiger partial charge in [-0.05, 0) is 49.2 Å². The Labute approximate surface area is 120 Å². The second kappa shape index (κ2) is 6.95. The Kier molecular flexibility index (Phi) is 5.26. The monoisotopic (exact) mass is 274 g/mol. The van der Waals surface area contributed by atoms with Gasteiger partial charge in [0.05, 0.1) is 0 Å². The number of allylic oxidation sites excluding steroid dienone is 2. The van der Waals surface area contributed by atoms with Crippen LogP contribution in [0.15, 0.2) is 41.5 Å². The van der Waals surface area contributed by atoms with Crippen molar-refractivity contribution in [3.8, 4) is 0 Å². The summed E-state index contributed by atoms with van der Waals surface area (Å²) in [7, 11) is 0. The fraction of sp³-hybridized carbons (Fsp3) is 0.471. The highest BCUT2D eigenvalue weighted by atomic mass is 32.2. The summed E-state index contributed by atoms with van der Waals surface area (Å²) in [5.41, 5.74) is 3.18. The molecule has 0 bridgehead atoms. The normalized spacial score (nSPS) is 18.0. The van der Waals surface area contributed by atoms with Gasteiger partial charge < -0.3 is 0 Å². The molecule has 0 amide bonds. The minimum absolute atomic E-state index is 0.221. The minimum atomic E-state index is 0.221. The van der Waals surface area contributed by atoms with Gasteiger partial charge >= 0.3 is 0 Å². The van der Waals surface area contributed by atoms with Crippen LogP contribution in [-0.4, -0.2) is 17.3 Å². The lowest BCUT2D eigenvalue weighted by Gasteiger charge is -2.24. The van der Waals surface area contributed by atoms with Crippen molar-refractivity contribution in [1.29, 1.82) is 0 Å². The van der Waals surface area contributed by atoms with Crippen molar-refractivity contribution in [3.05, 3.63) is 47.0 Å². The number of benzene rings is 1. The van der Waals surface area contributed by atoms with Crippen molar-refractivity contribution >= 4 is 17.5 Å². The summed E-state index contributed by atoms with van der Waals surface area (Å²) >= 11 is 2.03. The Morgan fingerprint density at radius 1 is 1.21 bits per heavy atom. The second-order valence-electron chi connectivity index (χ2n) is 5.10. The first-order valence-corrected chi connectivity index (χ1v) is 8.26. The molecule has 1 nitrogen and oxygen atoms in total. The molecule has 1 aliphatic rings. The molecule has 0 saturated carbocycles. The van der Waals surface area contributed by atoms with Crippen LogP contribution in [0.3, 0.4) is 0 Å². The lowest BCUT2D eigenvalue weighted by molar-refractivity contribution is 0.102. The zero-order chi connectivity index (χ0) is 13.7. The third kappa shape index (κ3) is 3.50. The number of hydrogen-bond acceptors (Lipinski definition) is 2. The van der Waals surface area contributed by atoms with Crippen LogP contribution in [0.2, 0.25) is 0 Å². The van der Waals surface area contributed by atoms with Crippen LogP contribution >= 0.6 is 11.8 Å².